The van der Waals surface area contributed by atoms with Gasteiger partial charge >= 0.3 is 0 Å². The molecule has 5 rings (SSSR count). The van der Waals surface area contributed by atoms with Crippen molar-refractivity contribution in [2.75, 3.05) is 6.73 Å². The van der Waals surface area contributed by atoms with Crippen LogP contribution in [0.2, 0.25) is 0 Å². The van der Waals surface area contributed by atoms with Crippen molar-refractivity contribution >= 4 is 27.8 Å². The van der Waals surface area contributed by atoms with Gasteiger partial charge in [0.1, 0.15) is 18.2 Å². The lowest BCUT2D eigenvalue weighted by atomic mass is 9.98. The van der Waals surface area contributed by atoms with E-state index in [9.17, 15) is 4.79 Å². The summed E-state index contributed by atoms with van der Waals surface area (Å²) in [5.74, 6) is 1.83. The summed E-state index contributed by atoms with van der Waals surface area (Å²) in [4.78, 5) is 15.3. The van der Waals surface area contributed by atoms with E-state index in [1.807, 2.05) is 37.3 Å². The minimum Gasteiger partial charge on any atom is -0.478 e. The van der Waals surface area contributed by atoms with Crippen LogP contribution in [0.1, 0.15) is 39.9 Å². The van der Waals surface area contributed by atoms with Gasteiger partial charge in [-0.2, -0.15) is 0 Å². The van der Waals surface area contributed by atoms with Crippen LogP contribution in [0, 0.1) is 6.92 Å². The third kappa shape index (κ3) is 2.58. The van der Waals surface area contributed by atoms with E-state index >= 15 is 0 Å². The normalized spacial score (nSPS) is 20.5. The van der Waals surface area contributed by atoms with Gasteiger partial charge in [0.2, 0.25) is 5.78 Å². The van der Waals surface area contributed by atoms with Crippen molar-refractivity contribution < 1.29 is 14.3 Å². The quantitative estimate of drug-likeness (QED) is 0.671. The fourth-order valence-corrected chi connectivity index (χ4v) is 4.05. The van der Waals surface area contributed by atoms with E-state index in [0.717, 1.165) is 33.5 Å². The van der Waals surface area contributed by atoms with Crippen molar-refractivity contribution in [2.24, 2.45) is 0 Å². The molecular weight excluding hydrogens is 394 g/mol. The number of hydrogen-bond acceptors (Lipinski definition) is 4. The summed E-state index contributed by atoms with van der Waals surface area (Å²) in [6.07, 6.45) is 4.25. The number of ketones is 1. The zero-order valence-electron chi connectivity index (χ0n) is 14.4. The smallest absolute Gasteiger partial charge is 0.232 e. The molecule has 0 saturated heterocycles. The number of carbonyl (C=O) groups excluding carboxylic acids is 1. The van der Waals surface area contributed by atoms with E-state index in [1.54, 1.807) is 6.08 Å². The van der Waals surface area contributed by atoms with E-state index in [-0.39, 0.29) is 5.78 Å². The molecule has 3 aliphatic rings. The fourth-order valence-electron chi connectivity index (χ4n) is 3.65. The lowest BCUT2D eigenvalue weighted by Crippen LogP contribution is -2.34. The van der Waals surface area contributed by atoms with Crippen LogP contribution in [0.15, 0.2) is 40.6 Å². The highest BCUT2D eigenvalue weighted by molar-refractivity contribution is 9.10. The van der Waals surface area contributed by atoms with E-state index in [0.29, 0.717) is 29.8 Å². The number of benzene rings is 2. The molecule has 2 heterocycles. The molecule has 132 valence electrons. The third-order valence-electron chi connectivity index (χ3n) is 5.21. The highest BCUT2D eigenvalue weighted by Gasteiger charge is 2.38. The molecule has 2 aromatic rings. The number of rotatable bonds is 2. The maximum Gasteiger partial charge on any atom is 0.232 e. The van der Waals surface area contributed by atoms with Crippen molar-refractivity contribution in [3.05, 3.63) is 62.8 Å². The maximum atomic E-state index is 13.0. The number of hydrogen-bond donors (Lipinski definition) is 0. The van der Waals surface area contributed by atoms with Gasteiger partial charge in [-0.15, -0.1) is 0 Å². The standard InChI is InChI=1S/C21H18BrNO3/c1-12-8-17-15(10-23(11-25-17)14-6-7-14)21-19(12)20(24)18(26-21)9-13-4-2-3-5-16(13)22/h2-5,8-9,14H,6-7,10-11H2,1H3/b18-9-. The Morgan fingerprint density at radius 2 is 2.08 bits per heavy atom. The summed E-state index contributed by atoms with van der Waals surface area (Å²) in [6.45, 7) is 3.33. The van der Waals surface area contributed by atoms with Gasteiger partial charge < -0.3 is 9.47 Å². The van der Waals surface area contributed by atoms with Gasteiger partial charge in [0, 0.05) is 17.1 Å². The van der Waals surface area contributed by atoms with Crippen LogP contribution in [0.4, 0.5) is 0 Å². The summed E-state index contributed by atoms with van der Waals surface area (Å²) in [7, 11) is 0. The van der Waals surface area contributed by atoms with Crippen LogP contribution in [-0.4, -0.2) is 23.5 Å². The molecule has 2 aromatic carbocycles. The summed E-state index contributed by atoms with van der Waals surface area (Å²) in [5, 5.41) is 0. The van der Waals surface area contributed by atoms with E-state index < -0.39 is 0 Å². The number of nitrogens with zero attached hydrogens (tertiary/aromatic N) is 1. The van der Waals surface area contributed by atoms with Gasteiger partial charge in [0.15, 0.2) is 5.76 Å². The molecule has 26 heavy (non-hydrogen) atoms. The highest BCUT2D eigenvalue weighted by Crippen LogP contribution is 2.45. The van der Waals surface area contributed by atoms with Crippen molar-refractivity contribution in [1.82, 2.24) is 4.90 Å². The Bertz CT molecular complexity index is 962. The number of carbonyl (C=O) groups is 1. The third-order valence-corrected chi connectivity index (χ3v) is 5.93. The van der Waals surface area contributed by atoms with Gasteiger partial charge in [-0.25, -0.2) is 0 Å². The SMILES string of the molecule is Cc1cc2c(c3c1C(=O)/C(=C/c1ccccc1Br)O3)CN(C1CC1)CO2. The monoisotopic (exact) mass is 411 g/mol. The van der Waals surface area contributed by atoms with Crippen LogP contribution in [-0.2, 0) is 6.54 Å². The van der Waals surface area contributed by atoms with Gasteiger partial charge in [-0.05, 0) is 49.1 Å². The molecule has 0 aromatic heterocycles. The Labute approximate surface area is 160 Å². The van der Waals surface area contributed by atoms with E-state index in [2.05, 4.69) is 20.8 Å². The first kappa shape index (κ1) is 16.1. The summed E-state index contributed by atoms with van der Waals surface area (Å²) >= 11 is 3.53. The topological polar surface area (TPSA) is 38.8 Å². The Kier molecular flexibility index (Phi) is 3.69. The molecule has 0 unspecified atom stereocenters. The van der Waals surface area contributed by atoms with Crippen molar-refractivity contribution in [1.29, 1.82) is 0 Å². The molecule has 2 aliphatic heterocycles. The molecule has 5 heteroatoms. The first-order chi connectivity index (χ1) is 12.6. The minimum absolute atomic E-state index is 0.0559. The molecular formula is C21H18BrNO3. The Morgan fingerprint density at radius 3 is 2.85 bits per heavy atom. The van der Waals surface area contributed by atoms with Crippen LogP contribution < -0.4 is 9.47 Å². The highest BCUT2D eigenvalue weighted by atomic mass is 79.9. The Morgan fingerprint density at radius 1 is 1.27 bits per heavy atom. The molecule has 0 amide bonds. The predicted octanol–water partition coefficient (Wildman–Crippen LogP) is 4.69. The van der Waals surface area contributed by atoms with Gasteiger partial charge in [0.25, 0.3) is 0 Å². The number of aryl methyl sites for hydroxylation is 1. The lowest BCUT2D eigenvalue weighted by molar-refractivity contribution is 0.0867. The second-order valence-corrected chi connectivity index (χ2v) is 7.94. The van der Waals surface area contributed by atoms with E-state index in [4.69, 9.17) is 9.47 Å². The van der Waals surface area contributed by atoms with Gasteiger partial charge in [-0.3, -0.25) is 9.69 Å². The number of ether oxygens (including phenoxy) is 2. The summed E-state index contributed by atoms with van der Waals surface area (Å²) in [6, 6.07) is 10.4. The molecule has 0 spiro atoms. The first-order valence-corrected chi connectivity index (χ1v) is 9.63. The largest absolute Gasteiger partial charge is 0.478 e. The van der Waals surface area contributed by atoms with E-state index in [1.165, 1.54) is 12.8 Å². The second-order valence-electron chi connectivity index (χ2n) is 7.09. The zero-order chi connectivity index (χ0) is 17.8. The molecule has 0 N–H and O–H groups in total. The van der Waals surface area contributed by atoms with Crippen molar-refractivity contribution in [3.8, 4) is 11.5 Å². The Balaban J connectivity index is 1.57. The Hall–Kier alpha value is -2.11. The van der Waals surface area contributed by atoms with Gasteiger partial charge in [0.05, 0.1) is 11.1 Å². The maximum absolute atomic E-state index is 13.0. The summed E-state index contributed by atoms with van der Waals surface area (Å²) < 4.78 is 13.0. The number of allylic oxidation sites excluding steroid dienone is 1. The van der Waals surface area contributed by atoms with Crippen LogP contribution >= 0.6 is 15.9 Å². The van der Waals surface area contributed by atoms with Crippen LogP contribution in [0.5, 0.6) is 11.5 Å². The first-order valence-electron chi connectivity index (χ1n) is 8.84. The molecule has 4 nitrogen and oxygen atoms in total. The lowest BCUT2D eigenvalue weighted by Gasteiger charge is -2.30. The molecule has 0 bridgehead atoms. The fraction of sp³-hybridized carbons (Fsp3) is 0.286. The molecule has 0 atom stereocenters. The number of Topliss-reactive ketones (excluding diaryl/α,β-unsaturated/α-hetero) is 1. The van der Waals surface area contributed by atoms with Crippen molar-refractivity contribution in [3.63, 3.8) is 0 Å². The summed E-state index contributed by atoms with van der Waals surface area (Å²) in [5.41, 5.74) is 3.49. The zero-order valence-corrected chi connectivity index (χ0v) is 16.0. The van der Waals surface area contributed by atoms with Crippen molar-refractivity contribution in [2.45, 2.75) is 32.4 Å². The van der Waals surface area contributed by atoms with Gasteiger partial charge in [-0.1, -0.05) is 34.1 Å². The average molecular weight is 412 g/mol. The molecule has 0 radical (unpaired) electrons. The minimum atomic E-state index is -0.0559. The second kappa shape index (κ2) is 5.96. The predicted molar refractivity (Wildman–Crippen MR) is 102 cm³/mol. The number of fused-ring (bicyclic) bond motifs is 3. The molecule has 1 aliphatic carbocycles. The van der Waals surface area contributed by atoms with Crippen LogP contribution in [0.3, 0.4) is 0 Å². The molecule has 1 saturated carbocycles. The van der Waals surface area contributed by atoms with Crippen LogP contribution in [0.25, 0.3) is 6.08 Å². The average Bonchev–Trinajstić information content (AvgIpc) is 3.42. The number of halogens is 1. The molecule has 1 fully saturated rings.